The van der Waals surface area contributed by atoms with E-state index < -0.39 is 17.3 Å². The van der Waals surface area contributed by atoms with Crippen molar-refractivity contribution in [3.05, 3.63) is 59.7 Å². The molecule has 1 N–H and O–H groups in total. The van der Waals surface area contributed by atoms with Gasteiger partial charge in [-0.05, 0) is 54.7 Å². The van der Waals surface area contributed by atoms with E-state index in [1.54, 1.807) is 31.2 Å². The lowest BCUT2D eigenvalue weighted by atomic mass is 9.88. The summed E-state index contributed by atoms with van der Waals surface area (Å²) in [6.45, 7) is 1.68. The number of aliphatic hydroxyl groups is 1. The number of rotatable bonds is 5. The average Bonchev–Trinajstić information content (AvgIpc) is 2.54. The van der Waals surface area contributed by atoms with Crippen LogP contribution in [0, 0.1) is 11.3 Å². The Morgan fingerprint density at radius 1 is 1.00 bits per heavy atom. The fraction of sp³-hybridized carbons (Fsp3) is 0.316. The monoisotopic (exact) mass is 333 g/mol. The Morgan fingerprint density at radius 2 is 1.67 bits per heavy atom. The van der Waals surface area contributed by atoms with Gasteiger partial charge in [0, 0.05) is 6.42 Å². The first-order valence-corrected chi connectivity index (χ1v) is 7.61. The molecule has 0 heterocycles. The normalized spacial score (nSPS) is 14.0. The summed E-state index contributed by atoms with van der Waals surface area (Å²) in [7, 11) is 0. The predicted octanol–water partition coefficient (Wildman–Crippen LogP) is 5.27. The van der Waals surface area contributed by atoms with Crippen LogP contribution in [0.1, 0.15) is 37.3 Å². The molecule has 0 aliphatic carbocycles. The van der Waals surface area contributed by atoms with Gasteiger partial charge in [0.2, 0.25) is 0 Å². The van der Waals surface area contributed by atoms with Gasteiger partial charge in [0.1, 0.15) is 0 Å². The van der Waals surface area contributed by atoms with Crippen molar-refractivity contribution >= 4 is 0 Å². The zero-order valence-corrected chi connectivity index (χ0v) is 13.3. The van der Waals surface area contributed by atoms with Gasteiger partial charge in [-0.3, -0.25) is 0 Å². The van der Waals surface area contributed by atoms with Crippen molar-refractivity contribution in [3.8, 4) is 17.2 Å². The Hall–Kier alpha value is -2.32. The van der Waals surface area contributed by atoms with Gasteiger partial charge < -0.3 is 5.11 Å². The lowest BCUT2D eigenvalue weighted by Crippen LogP contribution is -2.20. The molecule has 126 valence electrons. The third-order valence-corrected chi connectivity index (χ3v) is 3.98. The van der Waals surface area contributed by atoms with Crippen LogP contribution in [0.3, 0.4) is 0 Å². The Kier molecular flexibility index (Phi) is 5.30. The van der Waals surface area contributed by atoms with E-state index in [1.807, 2.05) is 6.07 Å². The number of nitriles is 1. The van der Waals surface area contributed by atoms with E-state index in [-0.39, 0.29) is 0 Å². The van der Waals surface area contributed by atoms with E-state index in [9.17, 15) is 18.3 Å². The van der Waals surface area contributed by atoms with Crippen LogP contribution in [0.5, 0.6) is 0 Å². The van der Waals surface area contributed by atoms with Gasteiger partial charge in [0.15, 0.2) is 0 Å². The molecular weight excluding hydrogens is 315 g/mol. The summed E-state index contributed by atoms with van der Waals surface area (Å²) in [6, 6.07) is 14.1. The fourth-order valence-electron chi connectivity index (χ4n) is 2.54. The van der Waals surface area contributed by atoms with Crippen molar-refractivity contribution in [1.29, 1.82) is 5.26 Å². The summed E-state index contributed by atoms with van der Waals surface area (Å²) in [5, 5.41) is 19.2. The summed E-state index contributed by atoms with van der Waals surface area (Å²) in [5.74, 6) is 0. The number of alkyl halides is 3. The highest BCUT2D eigenvalue weighted by atomic mass is 19.4. The Balaban J connectivity index is 2.26. The Labute approximate surface area is 139 Å². The molecule has 0 bridgehead atoms. The molecule has 0 saturated carbocycles. The maximum atomic E-state index is 12.6. The van der Waals surface area contributed by atoms with E-state index in [2.05, 4.69) is 0 Å². The minimum Gasteiger partial charge on any atom is -0.385 e. The minimum absolute atomic E-state index is 0.370. The van der Waals surface area contributed by atoms with Crippen molar-refractivity contribution in [2.75, 3.05) is 0 Å². The van der Waals surface area contributed by atoms with Gasteiger partial charge in [-0.25, -0.2) is 0 Å². The number of benzene rings is 2. The lowest BCUT2D eigenvalue weighted by molar-refractivity contribution is -0.137. The first kappa shape index (κ1) is 18.0. The molecular formula is C19H18F3NO. The summed E-state index contributed by atoms with van der Waals surface area (Å²) in [4.78, 5) is 0. The minimum atomic E-state index is -4.36. The second-order valence-corrected chi connectivity index (χ2v) is 5.94. The average molecular weight is 333 g/mol. The van der Waals surface area contributed by atoms with Gasteiger partial charge in [-0.2, -0.15) is 18.4 Å². The quantitative estimate of drug-likeness (QED) is 0.757. The molecule has 1 unspecified atom stereocenters. The third kappa shape index (κ3) is 4.36. The van der Waals surface area contributed by atoms with E-state index in [1.165, 1.54) is 12.1 Å². The molecule has 0 saturated heterocycles. The SMILES string of the molecule is CC(O)(CCCC#N)c1cccc(-c2ccc(C(F)(F)F)cc2)c1. The maximum Gasteiger partial charge on any atom is 0.416 e. The van der Waals surface area contributed by atoms with Gasteiger partial charge in [-0.1, -0.05) is 30.3 Å². The zero-order chi connectivity index (χ0) is 17.8. The molecule has 2 rings (SSSR count). The number of unbranched alkanes of at least 4 members (excludes halogenated alkanes) is 1. The molecule has 2 nitrogen and oxygen atoms in total. The summed E-state index contributed by atoms with van der Waals surface area (Å²) < 4.78 is 37.9. The number of hydrogen-bond acceptors (Lipinski definition) is 2. The van der Waals surface area contributed by atoms with Crippen molar-refractivity contribution in [1.82, 2.24) is 0 Å². The van der Waals surface area contributed by atoms with Crippen molar-refractivity contribution in [2.24, 2.45) is 0 Å². The molecule has 0 aliphatic heterocycles. The first-order chi connectivity index (χ1) is 11.2. The number of hydrogen-bond donors (Lipinski definition) is 1. The number of nitrogens with zero attached hydrogens (tertiary/aromatic N) is 1. The van der Waals surface area contributed by atoms with E-state index >= 15 is 0 Å². The molecule has 0 aliphatic rings. The standard InChI is InChI=1S/C19H18F3NO/c1-18(24,11-2-3-12-23)17-6-4-5-15(13-17)14-7-9-16(10-8-14)19(20,21)22/h4-10,13,24H,2-3,11H2,1H3. The predicted molar refractivity (Wildman–Crippen MR) is 85.9 cm³/mol. The molecule has 2 aromatic carbocycles. The Bertz CT molecular complexity index is 728. The highest BCUT2D eigenvalue weighted by Gasteiger charge is 2.30. The summed E-state index contributed by atoms with van der Waals surface area (Å²) in [6.07, 6.45) is -2.97. The van der Waals surface area contributed by atoms with E-state index in [0.29, 0.717) is 30.4 Å². The Morgan fingerprint density at radius 3 is 2.25 bits per heavy atom. The van der Waals surface area contributed by atoms with Crippen LogP contribution in [-0.2, 0) is 11.8 Å². The van der Waals surface area contributed by atoms with Crippen molar-refractivity contribution in [3.63, 3.8) is 0 Å². The molecule has 2 aromatic rings. The number of halogens is 3. The highest BCUT2D eigenvalue weighted by molar-refractivity contribution is 5.64. The van der Waals surface area contributed by atoms with Gasteiger partial charge in [0.05, 0.1) is 17.2 Å². The van der Waals surface area contributed by atoms with Crippen LogP contribution in [0.4, 0.5) is 13.2 Å². The van der Waals surface area contributed by atoms with Crippen LogP contribution in [0.25, 0.3) is 11.1 Å². The molecule has 1 atom stereocenters. The second-order valence-electron chi connectivity index (χ2n) is 5.94. The first-order valence-electron chi connectivity index (χ1n) is 7.61. The molecule has 0 aromatic heterocycles. The highest BCUT2D eigenvalue weighted by Crippen LogP contribution is 2.33. The molecule has 0 spiro atoms. The molecule has 0 radical (unpaired) electrons. The van der Waals surface area contributed by atoms with Crippen molar-refractivity contribution in [2.45, 2.75) is 38.0 Å². The maximum absolute atomic E-state index is 12.6. The molecule has 0 fully saturated rings. The lowest BCUT2D eigenvalue weighted by Gasteiger charge is -2.24. The smallest absolute Gasteiger partial charge is 0.385 e. The van der Waals surface area contributed by atoms with Gasteiger partial charge in [-0.15, -0.1) is 0 Å². The molecule has 0 amide bonds. The summed E-state index contributed by atoms with van der Waals surface area (Å²) >= 11 is 0. The second kappa shape index (κ2) is 7.06. The topological polar surface area (TPSA) is 44.0 Å². The summed E-state index contributed by atoms with van der Waals surface area (Å²) in [5.41, 5.74) is 0.293. The van der Waals surface area contributed by atoms with E-state index in [0.717, 1.165) is 17.7 Å². The van der Waals surface area contributed by atoms with E-state index in [4.69, 9.17) is 5.26 Å². The van der Waals surface area contributed by atoms with Crippen LogP contribution in [0.2, 0.25) is 0 Å². The zero-order valence-electron chi connectivity index (χ0n) is 13.3. The molecule has 24 heavy (non-hydrogen) atoms. The van der Waals surface area contributed by atoms with Crippen LogP contribution in [-0.4, -0.2) is 5.11 Å². The van der Waals surface area contributed by atoms with Gasteiger partial charge >= 0.3 is 6.18 Å². The van der Waals surface area contributed by atoms with Crippen LogP contribution >= 0.6 is 0 Å². The van der Waals surface area contributed by atoms with Crippen LogP contribution < -0.4 is 0 Å². The van der Waals surface area contributed by atoms with Gasteiger partial charge in [0.25, 0.3) is 0 Å². The van der Waals surface area contributed by atoms with Crippen LogP contribution in [0.15, 0.2) is 48.5 Å². The fourth-order valence-corrected chi connectivity index (χ4v) is 2.54. The largest absolute Gasteiger partial charge is 0.416 e. The third-order valence-electron chi connectivity index (χ3n) is 3.98. The van der Waals surface area contributed by atoms with Crippen molar-refractivity contribution < 1.29 is 18.3 Å². The molecule has 5 heteroatoms.